The Labute approximate surface area is 169 Å². The molecular formula is C21H28N6O2. The number of aromatic nitrogens is 4. The Morgan fingerprint density at radius 1 is 1.14 bits per heavy atom. The van der Waals surface area contributed by atoms with E-state index in [-0.39, 0.29) is 11.2 Å². The van der Waals surface area contributed by atoms with Crippen molar-refractivity contribution in [2.24, 2.45) is 14.1 Å². The highest BCUT2D eigenvalue weighted by molar-refractivity contribution is 5.69. The minimum absolute atomic E-state index is 0.293. The third kappa shape index (κ3) is 3.77. The monoisotopic (exact) mass is 396 g/mol. The first-order valence-electron chi connectivity index (χ1n) is 10.0. The molecule has 0 saturated carbocycles. The number of fused-ring (bicyclic) bond motifs is 1. The second kappa shape index (κ2) is 7.96. The van der Waals surface area contributed by atoms with E-state index in [1.54, 1.807) is 13.4 Å². The normalized spacial score (nSPS) is 17.6. The highest BCUT2D eigenvalue weighted by Crippen LogP contribution is 2.17. The van der Waals surface area contributed by atoms with Crippen LogP contribution in [0, 0.1) is 0 Å². The number of benzene rings is 1. The molecule has 1 saturated heterocycles. The lowest BCUT2D eigenvalue weighted by molar-refractivity contribution is 0.223. The Kier molecular flexibility index (Phi) is 5.38. The lowest BCUT2D eigenvalue weighted by Crippen LogP contribution is -2.38. The fourth-order valence-electron chi connectivity index (χ4n) is 4.17. The second-order valence-corrected chi connectivity index (χ2v) is 7.96. The van der Waals surface area contributed by atoms with Gasteiger partial charge in [-0.15, -0.1) is 0 Å². The van der Waals surface area contributed by atoms with E-state index in [1.807, 2.05) is 4.57 Å². The third-order valence-electron chi connectivity index (χ3n) is 6.03. The molecule has 0 N–H and O–H groups in total. The number of aryl methyl sites for hydroxylation is 1. The van der Waals surface area contributed by atoms with Crippen molar-refractivity contribution < 1.29 is 0 Å². The molecule has 0 aliphatic carbocycles. The highest BCUT2D eigenvalue weighted by atomic mass is 16.2. The van der Waals surface area contributed by atoms with E-state index in [2.05, 4.69) is 52.2 Å². The summed E-state index contributed by atoms with van der Waals surface area (Å²) >= 11 is 0. The molecule has 3 aromatic rings. The van der Waals surface area contributed by atoms with Crippen molar-refractivity contribution in [3.05, 3.63) is 63.1 Å². The van der Waals surface area contributed by atoms with Crippen LogP contribution in [-0.4, -0.2) is 61.2 Å². The van der Waals surface area contributed by atoms with Gasteiger partial charge >= 0.3 is 5.69 Å². The molecule has 0 radical (unpaired) electrons. The molecule has 4 rings (SSSR count). The Morgan fingerprint density at radius 3 is 2.66 bits per heavy atom. The van der Waals surface area contributed by atoms with Gasteiger partial charge in [-0.3, -0.25) is 18.8 Å². The van der Waals surface area contributed by atoms with E-state index >= 15 is 0 Å². The lowest BCUT2D eigenvalue weighted by atomic mass is 10.2. The van der Waals surface area contributed by atoms with Crippen LogP contribution in [0.25, 0.3) is 11.2 Å². The van der Waals surface area contributed by atoms with E-state index in [1.165, 1.54) is 17.2 Å². The van der Waals surface area contributed by atoms with Crippen molar-refractivity contribution in [1.82, 2.24) is 28.5 Å². The zero-order valence-electron chi connectivity index (χ0n) is 17.3. The predicted molar refractivity (Wildman–Crippen MR) is 113 cm³/mol. The fraction of sp³-hybridized carbons (Fsp3) is 0.476. The average molecular weight is 396 g/mol. The summed E-state index contributed by atoms with van der Waals surface area (Å²) in [7, 11) is 5.30. The molecule has 29 heavy (non-hydrogen) atoms. The molecule has 154 valence electrons. The maximum Gasteiger partial charge on any atom is 0.332 e. The minimum atomic E-state index is -0.352. The van der Waals surface area contributed by atoms with Gasteiger partial charge in [-0.1, -0.05) is 30.3 Å². The maximum absolute atomic E-state index is 12.6. The van der Waals surface area contributed by atoms with Crippen LogP contribution in [0.5, 0.6) is 0 Å². The summed E-state index contributed by atoms with van der Waals surface area (Å²) in [5, 5.41) is 0. The van der Waals surface area contributed by atoms with Gasteiger partial charge in [0.05, 0.1) is 6.33 Å². The van der Waals surface area contributed by atoms with Crippen LogP contribution in [-0.2, 0) is 27.2 Å². The Morgan fingerprint density at radius 2 is 1.90 bits per heavy atom. The third-order valence-corrected chi connectivity index (χ3v) is 6.03. The molecule has 0 spiro atoms. The van der Waals surface area contributed by atoms with Gasteiger partial charge in [0.25, 0.3) is 5.56 Å². The van der Waals surface area contributed by atoms with E-state index in [0.717, 1.165) is 37.2 Å². The van der Waals surface area contributed by atoms with E-state index in [9.17, 15) is 9.59 Å². The standard InChI is InChI=1S/C21H28N6O2/c1-23(17-9-10-26(14-17)13-16-7-5-4-6-8-16)11-12-27-15-22-19-18(27)20(28)25(3)21(29)24(19)2/h4-8,15,17H,9-14H2,1-3H3. The van der Waals surface area contributed by atoms with Crippen molar-refractivity contribution in [1.29, 1.82) is 0 Å². The van der Waals surface area contributed by atoms with Crippen LogP contribution in [0.2, 0.25) is 0 Å². The molecule has 0 bridgehead atoms. The van der Waals surface area contributed by atoms with Crippen LogP contribution in [0.4, 0.5) is 0 Å². The molecule has 2 aromatic heterocycles. The number of likely N-dealkylation sites (N-methyl/N-ethyl adjacent to an activating group) is 1. The second-order valence-electron chi connectivity index (χ2n) is 7.96. The Hall–Kier alpha value is -2.71. The van der Waals surface area contributed by atoms with Crippen molar-refractivity contribution in [3.63, 3.8) is 0 Å². The molecule has 0 amide bonds. The number of rotatable bonds is 6. The topological polar surface area (TPSA) is 68.3 Å². The molecule has 1 aliphatic rings. The van der Waals surface area contributed by atoms with Crippen LogP contribution < -0.4 is 11.2 Å². The molecule has 8 nitrogen and oxygen atoms in total. The van der Waals surface area contributed by atoms with E-state index in [0.29, 0.717) is 23.8 Å². The van der Waals surface area contributed by atoms with Crippen molar-refractivity contribution in [3.8, 4) is 0 Å². The quantitative estimate of drug-likeness (QED) is 0.612. The Balaban J connectivity index is 1.41. The maximum atomic E-state index is 12.6. The largest absolute Gasteiger partial charge is 0.332 e. The number of hydrogen-bond acceptors (Lipinski definition) is 5. The molecule has 1 fully saturated rings. The fourth-order valence-corrected chi connectivity index (χ4v) is 4.17. The minimum Gasteiger partial charge on any atom is -0.323 e. The molecule has 1 aliphatic heterocycles. The van der Waals surface area contributed by atoms with Crippen LogP contribution >= 0.6 is 0 Å². The zero-order chi connectivity index (χ0) is 20.5. The first kappa shape index (κ1) is 19.6. The summed E-state index contributed by atoms with van der Waals surface area (Å²) in [4.78, 5) is 33.8. The molecular weight excluding hydrogens is 368 g/mol. The van der Waals surface area contributed by atoms with E-state index < -0.39 is 0 Å². The molecule has 3 heterocycles. The zero-order valence-corrected chi connectivity index (χ0v) is 17.3. The number of hydrogen-bond donors (Lipinski definition) is 0. The first-order chi connectivity index (χ1) is 14.0. The van der Waals surface area contributed by atoms with Crippen LogP contribution in [0.1, 0.15) is 12.0 Å². The van der Waals surface area contributed by atoms with Crippen LogP contribution in [0.15, 0.2) is 46.2 Å². The van der Waals surface area contributed by atoms with Gasteiger partial charge in [-0.25, -0.2) is 9.78 Å². The first-order valence-corrected chi connectivity index (χ1v) is 10.0. The summed E-state index contributed by atoms with van der Waals surface area (Å²) < 4.78 is 4.43. The highest BCUT2D eigenvalue weighted by Gasteiger charge is 2.25. The predicted octanol–water partition coefficient (Wildman–Crippen LogP) is 0.640. The van der Waals surface area contributed by atoms with Gasteiger partial charge in [0, 0.05) is 52.9 Å². The van der Waals surface area contributed by atoms with Gasteiger partial charge in [0.2, 0.25) is 0 Å². The van der Waals surface area contributed by atoms with Gasteiger partial charge < -0.3 is 9.47 Å². The number of likely N-dealkylation sites (tertiary alicyclic amines) is 1. The molecule has 8 heteroatoms. The lowest BCUT2D eigenvalue weighted by Gasteiger charge is -2.25. The van der Waals surface area contributed by atoms with Gasteiger partial charge in [-0.05, 0) is 19.0 Å². The van der Waals surface area contributed by atoms with Gasteiger partial charge in [-0.2, -0.15) is 0 Å². The molecule has 1 aromatic carbocycles. The van der Waals surface area contributed by atoms with Crippen molar-refractivity contribution in [2.45, 2.75) is 25.6 Å². The summed E-state index contributed by atoms with van der Waals surface area (Å²) in [6.07, 6.45) is 2.81. The molecule has 1 atom stereocenters. The van der Waals surface area contributed by atoms with Crippen molar-refractivity contribution in [2.75, 3.05) is 26.7 Å². The van der Waals surface area contributed by atoms with Crippen molar-refractivity contribution >= 4 is 11.2 Å². The smallest absolute Gasteiger partial charge is 0.323 e. The Bertz CT molecular complexity index is 1110. The molecule has 1 unspecified atom stereocenters. The summed E-state index contributed by atoms with van der Waals surface area (Å²) in [6.45, 7) is 4.62. The van der Waals surface area contributed by atoms with E-state index in [4.69, 9.17) is 0 Å². The van der Waals surface area contributed by atoms with Gasteiger partial charge in [0.1, 0.15) is 0 Å². The number of nitrogens with zero attached hydrogens (tertiary/aromatic N) is 6. The van der Waals surface area contributed by atoms with Gasteiger partial charge in [0.15, 0.2) is 11.2 Å². The number of imidazole rings is 1. The summed E-state index contributed by atoms with van der Waals surface area (Å²) in [5.41, 5.74) is 1.63. The SMILES string of the molecule is CN(CCn1cnc2c1c(=O)n(C)c(=O)n2C)C1CCN(Cc2ccccc2)C1. The average Bonchev–Trinajstić information content (AvgIpc) is 3.37. The summed E-state index contributed by atoms with van der Waals surface area (Å²) in [5.74, 6) is 0. The summed E-state index contributed by atoms with van der Waals surface area (Å²) in [6, 6.07) is 11.1. The van der Waals surface area contributed by atoms with Crippen LogP contribution in [0.3, 0.4) is 0 Å².